The molecule has 7 heteroatoms. The van der Waals surface area contributed by atoms with Crippen LogP contribution in [0.2, 0.25) is 0 Å². The van der Waals surface area contributed by atoms with Crippen molar-refractivity contribution in [1.29, 1.82) is 0 Å². The minimum absolute atomic E-state index is 0.00941. The number of halogens is 1. The second-order valence-corrected chi connectivity index (χ2v) is 5.00. The first-order valence-corrected chi connectivity index (χ1v) is 6.59. The van der Waals surface area contributed by atoms with Gasteiger partial charge < -0.3 is 20.3 Å². The Morgan fingerprint density at radius 1 is 1.48 bits per heavy atom. The van der Waals surface area contributed by atoms with E-state index in [2.05, 4.69) is 10.6 Å². The first kappa shape index (κ1) is 15.1. The van der Waals surface area contributed by atoms with Crippen molar-refractivity contribution >= 4 is 11.9 Å². The SMILES string of the molecule is COc1cc(F)cc(CNC(=O)NC2CC(=O)N(C)C2)c1. The molecule has 2 rings (SSSR count). The molecule has 1 aliphatic rings. The average molecular weight is 295 g/mol. The molecule has 1 aromatic rings. The van der Waals surface area contributed by atoms with Gasteiger partial charge in [0.05, 0.1) is 13.2 Å². The average Bonchev–Trinajstić information content (AvgIpc) is 2.74. The minimum atomic E-state index is -0.422. The highest BCUT2D eigenvalue weighted by atomic mass is 19.1. The molecule has 0 saturated carbocycles. The van der Waals surface area contributed by atoms with E-state index in [9.17, 15) is 14.0 Å². The summed E-state index contributed by atoms with van der Waals surface area (Å²) in [4.78, 5) is 24.7. The van der Waals surface area contributed by atoms with Gasteiger partial charge in [-0.1, -0.05) is 0 Å². The molecule has 0 bridgehead atoms. The van der Waals surface area contributed by atoms with Crippen LogP contribution < -0.4 is 15.4 Å². The lowest BCUT2D eigenvalue weighted by Crippen LogP contribution is -2.42. The summed E-state index contributed by atoms with van der Waals surface area (Å²) in [6.45, 7) is 0.677. The van der Waals surface area contributed by atoms with E-state index in [0.29, 0.717) is 24.3 Å². The Balaban J connectivity index is 1.84. The van der Waals surface area contributed by atoms with Crippen LogP contribution in [-0.4, -0.2) is 43.6 Å². The van der Waals surface area contributed by atoms with Gasteiger partial charge in [0.2, 0.25) is 5.91 Å². The van der Waals surface area contributed by atoms with Crippen LogP contribution in [0.25, 0.3) is 0 Å². The molecule has 0 aromatic heterocycles. The van der Waals surface area contributed by atoms with Gasteiger partial charge in [-0.15, -0.1) is 0 Å². The van der Waals surface area contributed by atoms with Gasteiger partial charge in [0.15, 0.2) is 0 Å². The minimum Gasteiger partial charge on any atom is -0.497 e. The number of carbonyl (C=O) groups excluding carboxylic acids is 2. The van der Waals surface area contributed by atoms with Crippen LogP contribution in [0.1, 0.15) is 12.0 Å². The predicted molar refractivity (Wildman–Crippen MR) is 74.4 cm³/mol. The molecule has 1 fully saturated rings. The zero-order valence-corrected chi connectivity index (χ0v) is 12.0. The van der Waals surface area contributed by atoms with Crippen LogP contribution in [0.15, 0.2) is 18.2 Å². The topological polar surface area (TPSA) is 70.7 Å². The van der Waals surface area contributed by atoms with Crippen molar-refractivity contribution in [1.82, 2.24) is 15.5 Å². The summed E-state index contributed by atoms with van der Waals surface area (Å²) in [6, 6.07) is 3.67. The maximum Gasteiger partial charge on any atom is 0.315 e. The van der Waals surface area contributed by atoms with E-state index in [0.717, 1.165) is 0 Å². The number of urea groups is 1. The molecule has 0 radical (unpaired) electrons. The first-order chi connectivity index (χ1) is 9.97. The maximum atomic E-state index is 13.3. The summed E-state index contributed by atoms with van der Waals surface area (Å²) >= 11 is 0. The van der Waals surface area contributed by atoms with Crippen molar-refractivity contribution in [3.05, 3.63) is 29.6 Å². The normalized spacial score (nSPS) is 17.8. The van der Waals surface area contributed by atoms with E-state index < -0.39 is 5.82 Å². The lowest BCUT2D eigenvalue weighted by Gasteiger charge is -2.13. The monoisotopic (exact) mass is 295 g/mol. The van der Waals surface area contributed by atoms with Crippen molar-refractivity contribution in [2.75, 3.05) is 20.7 Å². The van der Waals surface area contributed by atoms with Gasteiger partial charge in [-0.3, -0.25) is 4.79 Å². The Bertz CT molecular complexity index is 550. The molecule has 1 aromatic carbocycles. The molecular formula is C14H18FN3O3. The van der Waals surface area contributed by atoms with Gasteiger partial charge in [-0.05, 0) is 17.7 Å². The van der Waals surface area contributed by atoms with Gasteiger partial charge in [-0.25, -0.2) is 9.18 Å². The standard InChI is InChI=1S/C14H18FN3O3/c1-18-8-11(6-13(18)19)17-14(20)16-7-9-3-10(15)5-12(4-9)21-2/h3-5,11H,6-8H2,1-2H3,(H2,16,17,20). The summed E-state index contributed by atoms with van der Waals surface area (Å²) in [7, 11) is 3.15. The highest BCUT2D eigenvalue weighted by Gasteiger charge is 2.27. The molecule has 2 N–H and O–H groups in total. The third-order valence-electron chi connectivity index (χ3n) is 3.30. The number of likely N-dealkylation sites (N-methyl/N-ethyl adjacent to an activating group) is 1. The number of benzene rings is 1. The van der Waals surface area contributed by atoms with Crippen molar-refractivity contribution in [3.63, 3.8) is 0 Å². The second kappa shape index (κ2) is 6.43. The molecule has 21 heavy (non-hydrogen) atoms. The first-order valence-electron chi connectivity index (χ1n) is 6.59. The Morgan fingerprint density at radius 2 is 2.24 bits per heavy atom. The smallest absolute Gasteiger partial charge is 0.315 e. The van der Waals surface area contributed by atoms with E-state index >= 15 is 0 Å². The van der Waals surface area contributed by atoms with Gasteiger partial charge >= 0.3 is 6.03 Å². The van der Waals surface area contributed by atoms with Gasteiger partial charge in [0.1, 0.15) is 11.6 Å². The van der Waals surface area contributed by atoms with E-state index in [4.69, 9.17) is 4.74 Å². The number of carbonyl (C=O) groups is 2. The number of hydrogen-bond donors (Lipinski definition) is 2. The molecular weight excluding hydrogens is 277 g/mol. The molecule has 114 valence electrons. The van der Waals surface area contributed by atoms with Crippen molar-refractivity contribution < 1.29 is 18.7 Å². The molecule has 1 saturated heterocycles. The van der Waals surface area contributed by atoms with Gasteiger partial charge in [0, 0.05) is 32.6 Å². The number of rotatable bonds is 4. The van der Waals surface area contributed by atoms with E-state index in [-0.39, 0.29) is 24.5 Å². The number of methoxy groups -OCH3 is 1. The highest BCUT2D eigenvalue weighted by molar-refractivity contribution is 5.81. The summed E-state index contributed by atoms with van der Waals surface area (Å²) in [5.74, 6) is -0.0139. The number of likely N-dealkylation sites (tertiary alicyclic amines) is 1. The molecule has 1 heterocycles. The fraction of sp³-hybridized carbons (Fsp3) is 0.429. The van der Waals surface area contributed by atoms with Crippen LogP contribution in [0.4, 0.5) is 9.18 Å². The fourth-order valence-corrected chi connectivity index (χ4v) is 2.22. The van der Waals surface area contributed by atoms with Crippen LogP contribution in [-0.2, 0) is 11.3 Å². The second-order valence-electron chi connectivity index (χ2n) is 5.00. The Kier molecular flexibility index (Phi) is 4.62. The fourth-order valence-electron chi connectivity index (χ4n) is 2.22. The zero-order valence-electron chi connectivity index (χ0n) is 12.0. The Morgan fingerprint density at radius 3 is 2.86 bits per heavy atom. The summed E-state index contributed by atoms with van der Waals surface area (Å²) in [5.41, 5.74) is 0.599. The number of nitrogens with zero attached hydrogens (tertiary/aromatic N) is 1. The summed E-state index contributed by atoms with van der Waals surface area (Å²) in [5, 5.41) is 5.35. The summed E-state index contributed by atoms with van der Waals surface area (Å²) < 4.78 is 18.3. The molecule has 0 aliphatic carbocycles. The lowest BCUT2D eigenvalue weighted by atomic mass is 10.2. The molecule has 6 nitrogen and oxygen atoms in total. The van der Waals surface area contributed by atoms with Gasteiger partial charge in [-0.2, -0.15) is 0 Å². The lowest BCUT2D eigenvalue weighted by molar-refractivity contribution is -0.126. The quantitative estimate of drug-likeness (QED) is 0.865. The van der Waals surface area contributed by atoms with Crippen molar-refractivity contribution in [3.8, 4) is 5.75 Å². The summed E-state index contributed by atoms with van der Waals surface area (Å²) in [6.07, 6.45) is 0.303. The van der Waals surface area contributed by atoms with Crippen LogP contribution in [0.3, 0.4) is 0 Å². The Labute approximate surface area is 122 Å². The molecule has 0 spiro atoms. The van der Waals surface area contributed by atoms with E-state index in [1.807, 2.05) is 0 Å². The van der Waals surface area contributed by atoms with Gasteiger partial charge in [0.25, 0.3) is 0 Å². The number of ether oxygens (including phenoxy) is 1. The van der Waals surface area contributed by atoms with Crippen molar-refractivity contribution in [2.24, 2.45) is 0 Å². The third kappa shape index (κ3) is 4.08. The zero-order chi connectivity index (χ0) is 15.4. The molecule has 1 aliphatic heterocycles. The third-order valence-corrected chi connectivity index (χ3v) is 3.30. The number of amides is 3. The van der Waals surface area contributed by atoms with Crippen molar-refractivity contribution in [2.45, 2.75) is 19.0 Å². The van der Waals surface area contributed by atoms with Crippen LogP contribution in [0.5, 0.6) is 5.75 Å². The number of nitrogens with one attached hydrogen (secondary N) is 2. The van der Waals surface area contributed by atoms with E-state index in [1.54, 1.807) is 18.0 Å². The Hall–Kier alpha value is -2.31. The van der Waals surface area contributed by atoms with Crippen LogP contribution in [0, 0.1) is 5.82 Å². The molecule has 1 unspecified atom stereocenters. The highest BCUT2D eigenvalue weighted by Crippen LogP contribution is 2.15. The molecule has 3 amide bonds. The van der Waals surface area contributed by atoms with E-state index in [1.165, 1.54) is 19.2 Å². The molecule has 1 atom stereocenters. The predicted octanol–water partition coefficient (Wildman–Crippen LogP) is 0.864. The largest absolute Gasteiger partial charge is 0.497 e. The number of hydrogen-bond acceptors (Lipinski definition) is 3. The maximum absolute atomic E-state index is 13.3. The van der Waals surface area contributed by atoms with Crippen LogP contribution >= 0.6 is 0 Å².